The van der Waals surface area contributed by atoms with Gasteiger partial charge in [0.15, 0.2) is 5.60 Å². The topological polar surface area (TPSA) is 40.5 Å². The van der Waals surface area contributed by atoms with Crippen molar-refractivity contribution in [3.63, 3.8) is 0 Å². The number of carbonyl (C=O) groups is 1. The summed E-state index contributed by atoms with van der Waals surface area (Å²) in [5.41, 5.74) is -0.616. The number of likely N-dealkylation sites (N-methyl/N-ethyl adjacent to an activating group) is 1. The highest BCUT2D eigenvalue weighted by molar-refractivity contribution is 7.09. The Morgan fingerprint density at radius 1 is 1.06 bits per heavy atom. The van der Waals surface area contributed by atoms with Gasteiger partial charge in [-0.25, -0.2) is 0 Å². The lowest BCUT2D eigenvalue weighted by atomic mass is 9.78. The van der Waals surface area contributed by atoms with E-state index in [1.54, 1.807) is 0 Å². The number of amides is 1. The van der Waals surface area contributed by atoms with Gasteiger partial charge in [-0.05, 0) is 29.9 Å². The van der Waals surface area contributed by atoms with Crippen LogP contribution in [0.15, 0.2) is 47.8 Å². The van der Waals surface area contributed by atoms with Crippen LogP contribution in [-0.4, -0.2) is 60.2 Å². The third-order valence-corrected chi connectivity index (χ3v) is 8.68. The number of rotatable bonds is 7. The highest BCUT2D eigenvalue weighted by Crippen LogP contribution is 2.42. The average Bonchev–Trinajstić information content (AvgIpc) is 3.52. The number of piperidine rings is 1. The zero-order valence-corrected chi connectivity index (χ0v) is 19.8. The van der Waals surface area contributed by atoms with Gasteiger partial charge in [-0.1, -0.05) is 49.2 Å². The zero-order valence-electron chi connectivity index (χ0n) is 19.0. The average molecular weight is 442 g/mol. The minimum Gasteiger partial charge on any atom is -0.375 e. The molecule has 0 unspecified atom stereocenters. The van der Waals surface area contributed by atoms with E-state index in [2.05, 4.69) is 31.6 Å². The summed E-state index contributed by atoms with van der Waals surface area (Å²) >= 11 is 1.84. The van der Waals surface area contributed by atoms with Gasteiger partial charge in [0.05, 0.1) is 26.7 Å². The van der Waals surface area contributed by atoms with E-state index in [9.17, 15) is 9.90 Å². The van der Waals surface area contributed by atoms with Gasteiger partial charge in [-0.15, -0.1) is 11.3 Å². The molecule has 1 aromatic heterocycles. The van der Waals surface area contributed by atoms with Crippen LogP contribution in [0.5, 0.6) is 0 Å². The number of likely N-dealkylation sites (tertiary alicyclic amines) is 1. The van der Waals surface area contributed by atoms with Crippen molar-refractivity contribution in [3.05, 3.63) is 58.3 Å². The van der Waals surface area contributed by atoms with Crippen LogP contribution in [0.3, 0.4) is 0 Å². The van der Waals surface area contributed by atoms with Crippen LogP contribution in [0.1, 0.15) is 49.0 Å². The molecule has 168 valence electrons. The van der Waals surface area contributed by atoms with Crippen molar-refractivity contribution in [2.75, 3.05) is 33.7 Å². The smallest absolute Gasteiger partial charge is 0.259 e. The van der Waals surface area contributed by atoms with Crippen molar-refractivity contribution in [1.82, 2.24) is 4.90 Å². The van der Waals surface area contributed by atoms with Gasteiger partial charge in [0.25, 0.3) is 5.91 Å². The maximum atomic E-state index is 13.7. The van der Waals surface area contributed by atoms with E-state index in [0.717, 1.165) is 74.6 Å². The first-order valence-corrected chi connectivity index (χ1v) is 12.7. The molecule has 4 rings (SSSR count). The van der Waals surface area contributed by atoms with Gasteiger partial charge < -0.3 is 14.5 Å². The number of carbonyl (C=O) groups excluding carboxylic acids is 1. The van der Waals surface area contributed by atoms with Crippen LogP contribution in [0.2, 0.25) is 0 Å². The largest absolute Gasteiger partial charge is 0.375 e. The lowest BCUT2D eigenvalue weighted by Gasteiger charge is -2.45. The molecule has 0 radical (unpaired) electrons. The molecule has 1 aliphatic heterocycles. The van der Waals surface area contributed by atoms with E-state index in [1.807, 2.05) is 46.6 Å². The molecule has 5 heteroatoms. The Hall–Kier alpha value is -1.69. The van der Waals surface area contributed by atoms with Crippen LogP contribution < -0.4 is 0 Å². The predicted molar refractivity (Wildman–Crippen MR) is 127 cm³/mol. The van der Waals surface area contributed by atoms with Crippen molar-refractivity contribution in [2.24, 2.45) is 5.92 Å². The molecule has 4 nitrogen and oxygen atoms in total. The van der Waals surface area contributed by atoms with E-state index in [1.165, 1.54) is 4.88 Å². The molecule has 1 saturated carbocycles. The van der Waals surface area contributed by atoms with Crippen LogP contribution in [0.4, 0.5) is 0 Å². The highest BCUT2D eigenvalue weighted by atomic mass is 32.1. The number of quaternary nitrogens is 1. The standard InChI is InChI=1S/C26H37N2O2S/c1-28(2,19-16-24-13-8-20-31-24)23-14-17-27(18-15-23)25(29)26(30,22-11-6-7-12-22)21-9-4-3-5-10-21/h3-5,8-10,13,20,22-23,30H,6-7,11-12,14-19H2,1-2H3/q+1/t26-/m0/s1. The zero-order chi connectivity index (χ0) is 21.9. The Kier molecular flexibility index (Phi) is 6.85. The molecule has 31 heavy (non-hydrogen) atoms. The van der Waals surface area contributed by atoms with Crippen molar-refractivity contribution >= 4 is 17.2 Å². The molecule has 1 atom stereocenters. The summed E-state index contributed by atoms with van der Waals surface area (Å²) in [6.07, 6.45) is 7.17. The van der Waals surface area contributed by atoms with Gasteiger partial charge >= 0.3 is 0 Å². The summed E-state index contributed by atoms with van der Waals surface area (Å²) in [4.78, 5) is 17.1. The van der Waals surface area contributed by atoms with E-state index in [0.29, 0.717) is 6.04 Å². The summed E-state index contributed by atoms with van der Waals surface area (Å²) in [5, 5.41) is 14.0. The first kappa shape index (κ1) is 22.5. The number of benzene rings is 1. The normalized spacial score (nSPS) is 20.7. The van der Waals surface area contributed by atoms with Crippen LogP contribution in [0.25, 0.3) is 0 Å². The Morgan fingerprint density at radius 2 is 1.74 bits per heavy atom. The second kappa shape index (κ2) is 9.43. The minimum atomic E-state index is -1.38. The van der Waals surface area contributed by atoms with Gasteiger partial charge in [0, 0.05) is 43.1 Å². The maximum Gasteiger partial charge on any atom is 0.259 e. The fraction of sp³-hybridized carbons (Fsp3) is 0.577. The number of hydrogen-bond donors (Lipinski definition) is 1. The first-order chi connectivity index (χ1) is 14.9. The number of thiophene rings is 1. The van der Waals surface area contributed by atoms with Gasteiger partial charge in [-0.3, -0.25) is 4.79 Å². The molecule has 0 bridgehead atoms. The molecule has 2 aliphatic rings. The Labute approximate surface area is 191 Å². The van der Waals surface area contributed by atoms with Crippen LogP contribution >= 0.6 is 11.3 Å². The number of hydrogen-bond acceptors (Lipinski definition) is 3. The summed E-state index contributed by atoms with van der Waals surface area (Å²) in [5.74, 6) is -0.0499. The Bertz CT molecular complexity index is 838. The Balaban J connectivity index is 1.42. The third-order valence-electron chi connectivity index (χ3n) is 7.74. The van der Waals surface area contributed by atoms with Crippen molar-refractivity contribution in [2.45, 2.75) is 56.6 Å². The molecule has 2 heterocycles. The van der Waals surface area contributed by atoms with E-state index in [-0.39, 0.29) is 11.8 Å². The first-order valence-electron chi connectivity index (χ1n) is 11.8. The summed E-state index contributed by atoms with van der Waals surface area (Å²) in [6, 6.07) is 14.6. The molecule has 1 aliphatic carbocycles. The number of nitrogens with zero attached hydrogens (tertiary/aromatic N) is 2. The molecule has 1 saturated heterocycles. The molecular formula is C26H37N2O2S+. The van der Waals surface area contributed by atoms with E-state index in [4.69, 9.17) is 0 Å². The molecule has 1 amide bonds. The highest BCUT2D eigenvalue weighted by Gasteiger charge is 2.49. The lowest BCUT2D eigenvalue weighted by Crippen LogP contribution is -2.58. The SMILES string of the molecule is C[N+](C)(CCc1cccs1)C1CCN(C(=O)[C@](O)(c2ccccc2)C2CCCC2)CC1. The number of aliphatic hydroxyl groups is 1. The molecule has 0 spiro atoms. The van der Waals surface area contributed by atoms with Gasteiger partial charge in [0.1, 0.15) is 0 Å². The fourth-order valence-electron chi connectivity index (χ4n) is 5.61. The second-order valence-corrected chi connectivity index (χ2v) is 11.0. The van der Waals surface area contributed by atoms with E-state index < -0.39 is 5.60 Å². The van der Waals surface area contributed by atoms with Gasteiger partial charge in [-0.2, -0.15) is 0 Å². The molecule has 1 aromatic carbocycles. The van der Waals surface area contributed by atoms with Crippen LogP contribution in [-0.2, 0) is 16.8 Å². The summed E-state index contributed by atoms with van der Waals surface area (Å²) < 4.78 is 0.992. The van der Waals surface area contributed by atoms with Crippen molar-refractivity contribution in [1.29, 1.82) is 0 Å². The summed E-state index contributed by atoms with van der Waals surface area (Å²) in [7, 11) is 4.66. The third kappa shape index (κ3) is 4.74. The lowest BCUT2D eigenvalue weighted by molar-refractivity contribution is -0.916. The van der Waals surface area contributed by atoms with Crippen molar-refractivity contribution in [3.8, 4) is 0 Å². The Morgan fingerprint density at radius 3 is 2.35 bits per heavy atom. The minimum absolute atomic E-state index is 0.0261. The molecule has 2 fully saturated rings. The molecule has 1 N–H and O–H groups in total. The fourth-order valence-corrected chi connectivity index (χ4v) is 6.31. The summed E-state index contributed by atoms with van der Waals surface area (Å²) in [6.45, 7) is 2.60. The second-order valence-electron chi connectivity index (χ2n) is 9.97. The van der Waals surface area contributed by atoms with Crippen LogP contribution in [0, 0.1) is 5.92 Å². The monoisotopic (exact) mass is 441 g/mol. The quantitative estimate of drug-likeness (QED) is 0.646. The van der Waals surface area contributed by atoms with E-state index >= 15 is 0 Å². The molecular weight excluding hydrogens is 404 g/mol. The maximum absolute atomic E-state index is 13.7. The predicted octanol–water partition coefficient (Wildman–Crippen LogP) is 4.44. The van der Waals surface area contributed by atoms with Crippen molar-refractivity contribution < 1.29 is 14.4 Å². The molecule has 2 aromatic rings. The van der Waals surface area contributed by atoms with Gasteiger partial charge in [0.2, 0.25) is 0 Å².